The molecule has 142 valence electrons. The molecule has 0 aliphatic rings. The van der Waals surface area contributed by atoms with Gasteiger partial charge in [-0.25, -0.2) is 0 Å². The van der Waals surface area contributed by atoms with Crippen LogP contribution in [0.5, 0.6) is 0 Å². The molecule has 0 spiro atoms. The van der Waals surface area contributed by atoms with Crippen LogP contribution >= 0.6 is 46.2 Å². The van der Waals surface area contributed by atoms with Crippen molar-refractivity contribution < 1.29 is 0 Å². The first-order chi connectivity index (χ1) is 10.3. The predicted octanol–water partition coefficient (Wildman–Crippen LogP) is 6.10. The summed E-state index contributed by atoms with van der Waals surface area (Å²) in [5, 5.41) is -0.655. The first-order valence-electron chi connectivity index (χ1n) is 9.04. The van der Waals surface area contributed by atoms with Gasteiger partial charge in [-0.05, 0) is 21.9 Å². The Hall–Kier alpha value is 2.21. The molecule has 0 amide bonds. The van der Waals surface area contributed by atoms with E-state index in [0.29, 0.717) is 0 Å². The zero-order chi connectivity index (χ0) is 19.8. The highest BCUT2D eigenvalue weighted by Gasteiger charge is 2.61. The molecule has 6 heteroatoms. The summed E-state index contributed by atoms with van der Waals surface area (Å²) < 4.78 is 0. The summed E-state index contributed by atoms with van der Waals surface area (Å²) in [6, 6.07) is 0. The zero-order valence-corrected chi connectivity index (χ0v) is 23.1. The van der Waals surface area contributed by atoms with Gasteiger partial charge in [0.15, 0.2) is 0 Å². The summed E-state index contributed by atoms with van der Waals surface area (Å²) in [6.45, 7) is 18.3. The Kier molecular flexibility index (Phi) is 9.06. The van der Waals surface area contributed by atoms with E-state index in [1.54, 1.807) is 0 Å². The lowest BCUT2D eigenvalue weighted by molar-refractivity contribution is 0.248. The van der Waals surface area contributed by atoms with Crippen LogP contribution in [-0.2, 0) is 0 Å². The Bertz CT molecular complexity index is 420. The molecule has 10 atom stereocenters. The molecule has 0 aromatic heterocycles. The van der Waals surface area contributed by atoms with Crippen molar-refractivity contribution in [3.63, 3.8) is 0 Å². The molecule has 0 saturated heterocycles. The number of hydrogen-bond donors (Lipinski definition) is 0. The van der Waals surface area contributed by atoms with Crippen LogP contribution in [-0.4, -0.2) is 33.6 Å². The largest absolute Gasteiger partial charge is 0.132 e. The molecular weight excluding hydrogens is 382 g/mol. The lowest BCUT2D eigenvalue weighted by Gasteiger charge is -2.65. The molecule has 0 heterocycles. The predicted molar refractivity (Wildman–Crippen MR) is 135 cm³/mol. The van der Waals surface area contributed by atoms with Crippen molar-refractivity contribution in [2.45, 2.75) is 112 Å². The van der Waals surface area contributed by atoms with Crippen LogP contribution in [0.2, 0.25) is 5.31 Å². The van der Waals surface area contributed by atoms with E-state index in [1.165, 1.54) is 25.7 Å². The summed E-state index contributed by atoms with van der Waals surface area (Å²) in [6.07, 6.45) is 5.02. The summed E-state index contributed by atoms with van der Waals surface area (Å²) in [7, 11) is 22.5. The second kappa shape index (κ2) is 8.30. The molecular formula is C18H42BP5. The maximum absolute atomic E-state index is 6.95. The van der Waals surface area contributed by atoms with Gasteiger partial charge in [0.25, 0.3) is 0 Å². The minimum absolute atomic E-state index is 0.0177. The van der Waals surface area contributed by atoms with Crippen molar-refractivity contribution in [2.75, 3.05) is 0 Å². The fourth-order valence-corrected chi connectivity index (χ4v) is 6.39. The van der Waals surface area contributed by atoms with E-state index in [0.717, 1.165) is 0 Å². The van der Waals surface area contributed by atoms with Gasteiger partial charge in [0.05, 0.1) is 7.85 Å². The lowest BCUT2D eigenvalue weighted by Crippen LogP contribution is -2.66. The van der Waals surface area contributed by atoms with Gasteiger partial charge in [-0.15, -0.1) is 46.2 Å². The molecule has 0 fully saturated rings. The van der Waals surface area contributed by atoms with Gasteiger partial charge in [0.2, 0.25) is 0 Å². The van der Waals surface area contributed by atoms with Crippen molar-refractivity contribution in [3.05, 3.63) is 0 Å². The third-order valence-electron chi connectivity index (χ3n) is 7.06. The second-order valence-electron chi connectivity index (χ2n) is 9.41. The minimum atomic E-state index is -0.381. The average molecular weight is 424 g/mol. The maximum atomic E-state index is 6.95. The van der Waals surface area contributed by atoms with E-state index in [2.05, 4.69) is 102 Å². The van der Waals surface area contributed by atoms with Crippen LogP contribution in [0.25, 0.3) is 0 Å². The molecule has 10 unspecified atom stereocenters. The van der Waals surface area contributed by atoms with E-state index in [4.69, 9.17) is 7.85 Å². The molecule has 0 rings (SSSR count). The molecule has 0 aromatic rings. The lowest BCUT2D eigenvalue weighted by atomic mass is 9.50. The molecule has 0 aromatic carbocycles. The molecule has 0 saturated carbocycles. The van der Waals surface area contributed by atoms with Gasteiger partial charge in [-0.1, -0.05) is 80.0 Å². The smallest absolute Gasteiger partial charge is 0.0766 e. The topological polar surface area (TPSA) is 0 Å². The fourth-order valence-electron chi connectivity index (χ4n) is 3.34. The summed E-state index contributed by atoms with van der Waals surface area (Å²) in [5.41, 5.74) is 0. The summed E-state index contributed by atoms with van der Waals surface area (Å²) >= 11 is 0. The van der Waals surface area contributed by atoms with Gasteiger partial charge in [0, 0.05) is 10.3 Å². The first-order valence-corrected chi connectivity index (χ1v) is 11.9. The minimum Gasteiger partial charge on any atom is -0.132 e. The Morgan fingerprint density at radius 2 is 1.08 bits per heavy atom. The molecule has 24 heavy (non-hydrogen) atoms. The van der Waals surface area contributed by atoms with E-state index >= 15 is 0 Å². The maximum Gasteiger partial charge on any atom is 0.0766 e. The Balaban J connectivity index is 5.92. The highest BCUT2D eigenvalue weighted by molar-refractivity contribution is 7.30. The fraction of sp³-hybridized carbons (Fsp3) is 1.00. The standard InChI is InChI=1S/C18H42BP5/c1-9-10-11-12-14(4,21)16(6,22)18(8,24)17(7,23)15(5,19)13(2,3)20/h9-12,20-24H2,1-8H3. The van der Waals surface area contributed by atoms with Crippen molar-refractivity contribution in [3.8, 4) is 0 Å². The SMILES string of the molecule is [B]C(C)(C(C)(C)P)C(C)(P)C(C)(P)C(C)(P)C(C)(P)CCCCC. The van der Waals surface area contributed by atoms with Crippen LogP contribution in [0.3, 0.4) is 0 Å². The van der Waals surface area contributed by atoms with E-state index in [9.17, 15) is 0 Å². The van der Waals surface area contributed by atoms with E-state index in [1.807, 2.05) is 0 Å². The quantitative estimate of drug-likeness (QED) is 0.238. The van der Waals surface area contributed by atoms with Crippen molar-refractivity contribution in [1.82, 2.24) is 0 Å². The van der Waals surface area contributed by atoms with Crippen LogP contribution in [0.15, 0.2) is 0 Å². The van der Waals surface area contributed by atoms with Gasteiger partial charge in [-0.2, -0.15) is 0 Å². The van der Waals surface area contributed by atoms with Gasteiger partial charge in [-0.3, -0.25) is 0 Å². The van der Waals surface area contributed by atoms with E-state index in [-0.39, 0.29) is 31.1 Å². The van der Waals surface area contributed by atoms with Crippen molar-refractivity contribution in [2.24, 2.45) is 0 Å². The van der Waals surface area contributed by atoms with Crippen LogP contribution in [0.4, 0.5) is 0 Å². The number of hydrogen-bond acceptors (Lipinski definition) is 0. The third-order valence-corrected chi connectivity index (χ3v) is 13.2. The highest BCUT2D eigenvalue weighted by Crippen LogP contribution is 2.67. The molecule has 0 N–H and O–H groups in total. The average Bonchev–Trinajstić information content (AvgIpc) is 2.36. The van der Waals surface area contributed by atoms with Gasteiger partial charge < -0.3 is 0 Å². The van der Waals surface area contributed by atoms with Gasteiger partial charge >= 0.3 is 0 Å². The van der Waals surface area contributed by atoms with Crippen LogP contribution in [0, 0.1) is 0 Å². The highest BCUT2D eigenvalue weighted by atomic mass is 31.0. The molecule has 0 nitrogen and oxygen atoms in total. The summed E-state index contributed by atoms with van der Waals surface area (Å²) in [5.74, 6) is 0. The third kappa shape index (κ3) is 4.61. The second-order valence-corrected chi connectivity index (χ2v) is 15.6. The molecule has 0 aliphatic carbocycles. The molecule has 0 bridgehead atoms. The van der Waals surface area contributed by atoms with E-state index < -0.39 is 0 Å². The number of rotatable bonds is 9. The van der Waals surface area contributed by atoms with Crippen LogP contribution < -0.4 is 0 Å². The number of unbranched alkanes of at least 4 members (excludes halogenated alkanes) is 2. The van der Waals surface area contributed by atoms with Crippen LogP contribution in [0.1, 0.15) is 81.1 Å². The monoisotopic (exact) mass is 424 g/mol. The molecule has 0 aliphatic heterocycles. The Morgan fingerprint density at radius 3 is 1.42 bits per heavy atom. The Labute approximate surface area is 166 Å². The van der Waals surface area contributed by atoms with Crippen molar-refractivity contribution in [1.29, 1.82) is 0 Å². The molecule has 2 radical (unpaired) electrons. The zero-order valence-electron chi connectivity index (χ0n) is 17.3. The Morgan fingerprint density at radius 1 is 0.667 bits per heavy atom. The first kappa shape index (κ1) is 26.2. The van der Waals surface area contributed by atoms with Gasteiger partial charge in [0.1, 0.15) is 0 Å². The summed E-state index contributed by atoms with van der Waals surface area (Å²) in [4.78, 5) is 0. The normalized spacial score (nSPS) is 25.7. The van der Waals surface area contributed by atoms with Crippen molar-refractivity contribution >= 4 is 54.0 Å².